The van der Waals surface area contributed by atoms with Gasteiger partial charge in [-0.15, -0.1) is 0 Å². The molecule has 1 heterocycles. The fourth-order valence-electron chi connectivity index (χ4n) is 2.55. The largest absolute Gasteiger partial charge is 0.329 e. The first-order valence-corrected chi connectivity index (χ1v) is 6.56. The summed E-state index contributed by atoms with van der Waals surface area (Å²) in [7, 11) is 2.14. The summed E-state index contributed by atoms with van der Waals surface area (Å²) in [5.74, 6) is -0.166. The Kier molecular flexibility index (Phi) is 4.69. The molecule has 0 aliphatic carbocycles. The topological polar surface area (TPSA) is 32.5 Å². The summed E-state index contributed by atoms with van der Waals surface area (Å²) in [6.45, 7) is 4.76. The van der Waals surface area contributed by atoms with E-state index >= 15 is 0 Å². The highest BCUT2D eigenvalue weighted by Gasteiger charge is 2.24. The predicted molar refractivity (Wildman–Crippen MR) is 71.8 cm³/mol. The van der Waals surface area contributed by atoms with Gasteiger partial charge in [0.1, 0.15) is 5.82 Å². The van der Waals surface area contributed by atoms with E-state index in [0.29, 0.717) is 12.6 Å². The standard InChI is InChI=1S/C14H22FN3/c1-17(9-7-16)14-6-8-18(11-14)10-12-2-4-13(15)5-3-12/h2-5,14H,6-11,16H2,1H3. The molecule has 1 aliphatic rings. The zero-order valence-corrected chi connectivity index (χ0v) is 11.0. The molecule has 0 bridgehead atoms. The lowest BCUT2D eigenvalue weighted by molar-refractivity contribution is 0.234. The Hall–Kier alpha value is -0.970. The van der Waals surface area contributed by atoms with Crippen molar-refractivity contribution in [2.24, 2.45) is 5.73 Å². The molecule has 1 aliphatic heterocycles. The number of halogens is 1. The summed E-state index contributed by atoms with van der Waals surface area (Å²) in [4.78, 5) is 4.76. The van der Waals surface area contributed by atoms with E-state index in [1.54, 1.807) is 0 Å². The molecule has 3 nitrogen and oxygen atoms in total. The minimum atomic E-state index is -0.166. The summed E-state index contributed by atoms with van der Waals surface area (Å²) >= 11 is 0. The lowest BCUT2D eigenvalue weighted by Gasteiger charge is -2.24. The Morgan fingerprint density at radius 1 is 1.39 bits per heavy atom. The molecule has 0 radical (unpaired) electrons. The molecule has 1 atom stereocenters. The van der Waals surface area contributed by atoms with E-state index in [4.69, 9.17) is 5.73 Å². The quantitative estimate of drug-likeness (QED) is 0.856. The molecule has 1 unspecified atom stereocenters. The smallest absolute Gasteiger partial charge is 0.123 e. The maximum absolute atomic E-state index is 12.8. The second-order valence-electron chi connectivity index (χ2n) is 5.07. The summed E-state index contributed by atoms with van der Waals surface area (Å²) in [5.41, 5.74) is 6.76. The van der Waals surface area contributed by atoms with E-state index in [-0.39, 0.29) is 5.82 Å². The number of likely N-dealkylation sites (N-methyl/N-ethyl adjacent to an activating group) is 1. The van der Waals surface area contributed by atoms with E-state index in [1.807, 2.05) is 12.1 Å². The maximum atomic E-state index is 12.8. The van der Waals surface area contributed by atoms with Crippen LogP contribution in [0.5, 0.6) is 0 Å². The van der Waals surface area contributed by atoms with Crippen molar-refractivity contribution in [2.75, 3.05) is 33.2 Å². The van der Waals surface area contributed by atoms with Crippen LogP contribution in [0, 0.1) is 5.82 Å². The molecule has 18 heavy (non-hydrogen) atoms. The molecule has 2 rings (SSSR count). The van der Waals surface area contributed by atoms with Crippen LogP contribution in [0.2, 0.25) is 0 Å². The van der Waals surface area contributed by atoms with Gasteiger partial charge in [0.25, 0.3) is 0 Å². The zero-order valence-electron chi connectivity index (χ0n) is 11.0. The molecule has 0 amide bonds. The second-order valence-corrected chi connectivity index (χ2v) is 5.07. The number of likely N-dealkylation sites (tertiary alicyclic amines) is 1. The van der Waals surface area contributed by atoms with Gasteiger partial charge in [-0.05, 0) is 31.2 Å². The Balaban J connectivity index is 1.84. The Morgan fingerprint density at radius 2 is 2.11 bits per heavy atom. The van der Waals surface area contributed by atoms with E-state index in [2.05, 4.69) is 16.8 Å². The van der Waals surface area contributed by atoms with Crippen LogP contribution in [-0.4, -0.2) is 49.1 Å². The van der Waals surface area contributed by atoms with Crippen molar-refractivity contribution in [1.29, 1.82) is 0 Å². The summed E-state index contributed by atoms with van der Waals surface area (Å²) in [6.07, 6.45) is 1.19. The van der Waals surface area contributed by atoms with E-state index in [1.165, 1.54) is 24.1 Å². The maximum Gasteiger partial charge on any atom is 0.123 e. The number of nitrogens with two attached hydrogens (primary N) is 1. The predicted octanol–water partition coefficient (Wildman–Crippen LogP) is 1.29. The van der Waals surface area contributed by atoms with E-state index in [0.717, 1.165) is 26.2 Å². The Morgan fingerprint density at radius 3 is 2.78 bits per heavy atom. The van der Waals surface area contributed by atoms with Crippen LogP contribution in [0.4, 0.5) is 4.39 Å². The zero-order chi connectivity index (χ0) is 13.0. The number of nitrogens with zero attached hydrogens (tertiary/aromatic N) is 2. The van der Waals surface area contributed by atoms with Gasteiger partial charge in [-0.1, -0.05) is 12.1 Å². The Bertz CT molecular complexity index is 366. The highest BCUT2D eigenvalue weighted by molar-refractivity contribution is 5.16. The van der Waals surface area contributed by atoms with Gasteiger partial charge in [-0.3, -0.25) is 4.90 Å². The minimum absolute atomic E-state index is 0.166. The van der Waals surface area contributed by atoms with Gasteiger partial charge < -0.3 is 10.6 Å². The lowest BCUT2D eigenvalue weighted by atomic mass is 10.2. The molecule has 1 aromatic carbocycles. The van der Waals surface area contributed by atoms with Gasteiger partial charge in [0, 0.05) is 38.8 Å². The molecule has 1 saturated heterocycles. The molecular formula is C14H22FN3. The molecule has 100 valence electrons. The molecule has 0 saturated carbocycles. The van der Waals surface area contributed by atoms with Crippen molar-refractivity contribution < 1.29 is 4.39 Å². The van der Waals surface area contributed by atoms with Crippen molar-refractivity contribution in [3.8, 4) is 0 Å². The summed E-state index contributed by atoms with van der Waals surface area (Å²) in [6, 6.07) is 7.40. The number of rotatable bonds is 5. The third kappa shape index (κ3) is 3.51. The van der Waals surface area contributed by atoms with Gasteiger partial charge in [-0.25, -0.2) is 4.39 Å². The van der Waals surface area contributed by atoms with Gasteiger partial charge in [0.05, 0.1) is 0 Å². The van der Waals surface area contributed by atoms with Crippen molar-refractivity contribution in [3.63, 3.8) is 0 Å². The Labute approximate surface area is 108 Å². The molecule has 0 spiro atoms. The first-order valence-electron chi connectivity index (χ1n) is 6.56. The van der Waals surface area contributed by atoms with Crippen LogP contribution < -0.4 is 5.73 Å². The fraction of sp³-hybridized carbons (Fsp3) is 0.571. The molecule has 1 fully saturated rings. The van der Waals surface area contributed by atoms with Gasteiger partial charge in [0.15, 0.2) is 0 Å². The molecule has 0 aromatic heterocycles. The van der Waals surface area contributed by atoms with Crippen LogP contribution in [0.15, 0.2) is 24.3 Å². The normalized spacial score (nSPS) is 20.8. The molecular weight excluding hydrogens is 229 g/mol. The minimum Gasteiger partial charge on any atom is -0.329 e. The highest BCUT2D eigenvalue weighted by Crippen LogP contribution is 2.17. The van der Waals surface area contributed by atoms with Crippen molar-refractivity contribution >= 4 is 0 Å². The SMILES string of the molecule is CN(CCN)C1CCN(Cc2ccc(F)cc2)C1. The van der Waals surface area contributed by atoms with E-state index < -0.39 is 0 Å². The molecule has 4 heteroatoms. The van der Waals surface area contributed by atoms with Gasteiger partial charge >= 0.3 is 0 Å². The van der Waals surface area contributed by atoms with Gasteiger partial charge in [-0.2, -0.15) is 0 Å². The average Bonchev–Trinajstić information content (AvgIpc) is 2.81. The second kappa shape index (κ2) is 6.27. The third-order valence-electron chi connectivity index (χ3n) is 3.67. The first-order chi connectivity index (χ1) is 8.69. The first kappa shape index (κ1) is 13.5. The number of hydrogen-bond donors (Lipinski definition) is 1. The van der Waals surface area contributed by atoms with E-state index in [9.17, 15) is 4.39 Å². The number of benzene rings is 1. The van der Waals surface area contributed by atoms with Crippen molar-refractivity contribution in [3.05, 3.63) is 35.6 Å². The number of hydrogen-bond acceptors (Lipinski definition) is 3. The van der Waals surface area contributed by atoms with Crippen LogP contribution >= 0.6 is 0 Å². The van der Waals surface area contributed by atoms with Crippen LogP contribution in [0.25, 0.3) is 0 Å². The molecule has 1 aromatic rings. The summed E-state index contributed by atoms with van der Waals surface area (Å²) < 4.78 is 12.8. The molecule has 2 N–H and O–H groups in total. The highest BCUT2D eigenvalue weighted by atomic mass is 19.1. The van der Waals surface area contributed by atoms with Crippen LogP contribution in [0.1, 0.15) is 12.0 Å². The van der Waals surface area contributed by atoms with Crippen LogP contribution in [0.3, 0.4) is 0 Å². The lowest BCUT2D eigenvalue weighted by Crippen LogP contribution is -2.37. The van der Waals surface area contributed by atoms with Crippen molar-refractivity contribution in [1.82, 2.24) is 9.80 Å². The monoisotopic (exact) mass is 251 g/mol. The fourth-order valence-corrected chi connectivity index (χ4v) is 2.55. The van der Waals surface area contributed by atoms with Gasteiger partial charge in [0.2, 0.25) is 0 Å². The summed E-state index contributed by atoms with van der Waals surface area (Å²) in [5, 5.41) is 0. The third-order valence-corrected chi connectivity index (χ3v) is 3.67. The van der Waals surface area contributed by atoms with Crippen molar-refractivity contribution in [2.45, 2.75) is 19.0 Å². The average molecular weight is 251 g/mol. The van der Waals surface area contributed by atoms with Crippen LogP contribution in [-0.2, 0) is 6.54 Å².